The highest BCUT2D eigenvalue weighted by Crippen LogP contribution is 1.99. The minimum absolute atomic E-state index is 0.241. The second-order valence-electron chi connectivity index (χ2n) is 3.09. The van der Waals surface area contributed by atoms with Crippen molar-refractivity contribution in [3.63, 3.8) is 0 Å². The molecule has 0 aliphatic heterocycles. The summed E-state index contributed by atoms with van der Waals surface area (Å²) >= 11 is 0. The predicted molar refractivity (Wildman–Crippen MR) is 60.2 cm³/mol. The predicted octanol–water partition coefficient (Wildman–Crippen LogP) is 2.04. The van der Waals surface area contributed by atoms with Crippen LogP contribution < -0.4 is 5.43 Å². The first-order valence-corrected chi connectivity index (χ1v) is 4.78. The van der Waals surface area contributed by atoms with Crippen LogP contribution in [-0.2, 0) is 0 Å². The standard InChI is InChI=1S/C12H10N2O2/c15-12(11-7-4-8-16-11)14-13-9-10-5-2-1-3-6-10/h1-9H,(H,14,15)/b13-9-. The molecule has 0 spiro atoms. The highest BCUT2D eigenvalue weighted by molar-refractivity contribution is 5.92. The fourth-order valence-electron chi connectivity index (χ4n) is 1.17. The van der Waals surface area contributed by atoms with E-state index in [1.54, 1.807) is 18.3 Å². The molecule has 4 heteroatoms. The van der Waals surface area contributed by atoms with E-state index in [1.165, 1.54) is 6.26 Å². The largest absolute Gasteiger partial charge is 0.459 e. The molecule has 0 radical (unpaired) electrons. The summed E-state index contributed by atoms with van der Waals surface area (Å²) in [7, 11) is 0. The van der Waals surface area contributed by atoms with Crippen molar-refractivity contribution in [1.82, 2.24) is 5.43 Å². The Morgan fingerprint density at radius 3 is 2.69 bits per heavy atom. The Morgan fingerprint density at radius 1 is 1.19 bits per heavy atom. The van der Waals surface area contributed by atoms with Crippen molar-refractivity contribution >= 4 is 12.1 Å². The lowest BCUT2D eigenvalue weighted by Gasteiger charge is -1.94. The number of furan rings is 1. The Labute approximate surface area is 92.6 Å². The smallest absolute Gasteiger partial charge is 0.307 e. The molecule has 2 rings (SSSR count). The van der Waals surface area contributed by atoms with Gasteiger partial charge in [-0.2, -0.15) is 5.10 Å². The Kier molecular flexibility index (Phi) is 3.13. The van der Waals surface area contributed by atoms with E-state index in [0.717, 1.165) is 5.56 Å². The second-order valence-corrected chi connectivity index (χ2v) is 3.09. The molecule has 1 aromatic heterocycles. The fraction of sp³-hybridized carbons (Fsp3) is 0. The third kappa shape index (κ3) is 2.57. The fourth-order valence-corrected chi connectivity index (χ4v) is 1.17. The van der Waals surface area contributed by atoms with Crippen molar-refractivity contribution < 1.29 is 9.21 Å². The molecule has 0 fully saturated rings. The minimum Gasteiger partial charge on any atom is -0.459 e. The van der Waals surface area contributed by atoms with Gasteiger partial charge in [0.1, 0.15) is 0 Å². The van der Waals surface area contributed by atoms with Crippen LogP contribution in [0.4, 0.5) is 0 Å². The third-order valence-electron chi connectivity index (χ3n) is 1.92. The average Bonchev–Trinajstić information content (AvgIpc) is 2.84. The van der Waals surface area contributed by atoms with Crippen molar-refractivity contribution in [2.24, 2.45) is 5.10 Å². The minimum atomic E-state index is -0.364. The summed E-state index contributed by atoms with van der Waals surface area (Å²) in [5.74, 6) is -0.123. The lowest BCUT2D eigenvalue weighted by molar-refractivity contribution is 0.0927. The zero-order valence-electron chi connectivity index (χ0n) is 8.46. The van der Waals surface area contributed by atoms with Gasteiger partial charge < -0.3 is 4.42 Å². The molecule has 0 aliphatic rings. The lowest BCUT2D eigenvalue weighted by Crippen LogP contribution is -2.16. The van der Waals surface area contributed by atoms with E-state index in [9.17, 15) is 4.79 Å². The van der Waals surface area contributed by atoms with Crippen LogP contribution in [0.15, 0.2) is 58.2 Å². The molecular formula is C12H10N2O2. The van der Waals surface area contributed by atoms with E-state index >= 15 is 0 Å². The molecule has 1 N–H and O–H groups in total. The molecule has 4 nitrogen and oxygen atoms in total. The van der Waals surface area contributed by atoms with Gasteiger partial charge in [0.25, 0.3) is 0 Å². The number of carbonyl (C=O) groups excluding carboxylic acids is 1. The van der Waals surface area contributed by atoms with Gasteiger partial charge in [-0.3, -0.25) is 4.79 Å². The molecule has 0 atom stereocenters. The molecule has 80 valence electrons. The molecule has 0 saturated carbocycles. The van der Waals surface area contributed by atoms with Crippen molar-refractivity contribution in [2.75, 3.05) is 0 Å². The number of hydrogen-bond donors (Lipinski definition) is 1. The monoisotopic (exact) mass is 214 g/mol. The maximum Gasteiger partial charge on any atom is 0.307 e. The Morgan fingerprint density at radius 2 is 2.00 bits per heavy atom. The van der Waals surface area contributed by atoms with E-state index in [2.05, 4.69) is 10.5 Å². The summed E-state index contributed by atoms with van der Waals surface area (Å²) < 4.78 is 4.91. The van der Waals surface area contributed by atoms with Crippen LogP contribution in [0.5, 0.6) is 0 Å². The van der Waals surface area contributed by atoms with Crippen molar-refractivity contribution in [2.45, 2.75) is 0 Å². The first kappa shape index (κ1) is 10.2. The summed E-state index contributed by atoms with van der Waals surface area (Å²) in [4.78, 5) is 11.4. The van der Waals surface area contributed by atoms with Gasteiger partial charge in [-0.25, -0.2) is 5.43 Å². The summed E-state index contributed by atoms with van der Waals surface area (Å²) in [5, 5.41) is 3.81. The number of rotatable bonds is 3. The van der Waals surface area contributed by atoms with Gasteiger partial charge >= 0.3 is 5.91 Å². The first-order valence-electron chi connectivity index (χ1n) is 4.78. The number of carbonyl (C=O) groups is 1. The van der Waals surface area contributed by atoms with Gasteiger partial charge in [-0.1, -0.05) is 30.3 Å². The Bertz CT molecular complexity index is 475. The summed E-state index contributed by atoms with van der Waals surface area (Å²) in [6.07, 6.45) is 3.01. The number of amides is 1. The molecule has 1 amide bonds. The van der Waals surface area contributed by atoms with Crippen molar-refractivity contribution in [1.29, 1.82) is 0 Å². The van der Waals surface area contributed by atoms with E-state index in [4.69, 9.17) is 4.42 Å². The average molecular weight is 214 g/mol. The van der Waals surface area contributed by atoms with Crippen LogP contribution in [0.3, 0.4) is 0 Å². The highest BCUT2D eigenvalue weighted by Gasteiger charge is 2.05. The molecule has 1 aromatic carbocycles. The topological polar surface area (TPSA) is 54.6 Å². The molecular weight excluding hydrogens is 204 g/mol. The quantitative estimate of drug-likeness (QED) is 0.628. The molecule has 2 aromatic rings. The lowest BCUT2D eigenvalue weighted by atomic mass is 10.2. The van der Waals surface area contributed by atoms with E-state index in [-0.39, 0.29) is 11.7 Å². The van der Waals surface area contributed by atoms with Gasteiger partial charge in [0.05, 0.1) is 12.5 Å². The van der Waals surface area contributed by atoms with Gasteiger partial charge in [0.2, 0.25) is 0 Å². The summed E-state index contributed by atoms with van der Waals surface area (Å²) in [5.41, 5.74) is 3.29. The Hall–Kier alpha value is -2.36. The zero-order chi connectivity index (χ0) is 11.2. The molecule has 0 bridgehead atoms. The van der Waals surface area contributed by atoms with Gasteiger partial charge in [0.15, 0.2) is 5.76 Å². The first-order chi connectivity index (χ1) is 7.86. The van der Waals surface area contributed by atoms with Crippen LogP contribution in [0.2, 0.25) is 0 Å². The number of hydrogen-bond acceptors (Lipinski definition) is 3. The molecule has 16 heavy (non-hydrogen) atoms. The SMILES string of the molecule is O=C(N/N=C\c1ccccc1)c1ccco1. The number of benzene rings is 1. The van der Waals surface area contributed by atoms with Crippen LogP contribution in [0, 0.1) is 0 Å². The Balaban J connectivity index is 1.93. The van der Waals surface area contributed by atoms with Crippen LogP contribution >= 0.6 is 0 Å². The molecule has 0 saturated heterocycles. The van der Waals surface area contributed by atoms with Gasteiger partial charge in [-0.05, 0) is 17.7 Å². The molecule has 0 unspecified atom stereocenters. The summed E-state index contributed by atoms with van der Waals surface area (Å²) in [6, 6.07) is 12.7. The van der Waals surface area contributed by atoms with Crippen LogP contribution in [0.1, 0.15) is 16.1 Å². The van der Waals surface area contributed by atoms with Crippen molar-refractivity contribution in [3.05, 3.63) is 60.1 Å². The summed E-state index contributed by atoms with van der Waals surface area (Å²) in [6.45, 7) is 0. The van der Waals surface area contributed by atoms with Crippen LogP contribution in [-0.4, -0.2) is 12.1 Å². The van der Waals surface area contributed by atoms with E-state index < -0.39 is 0 Å². The maximum atomic E-state index is 11.4. The number of nitrogens with zero attached hydrogens (tertiary/aromatic N) is 1. The molecule has 1 heterocycles. The third-order valence-corrected chi connectivity index (χ3v) is 1.92. The van der Waals surface area contributed by atoms with E-state index in [0.29, 0.717) is 0 Å². The molecule has 0 aliphatic carbocycles. The number of hydrazone groups is 1. The number of nitrogens with one attached hydrogen (secondary N) is 1. The van der Waals surface area contributed by atoms with Gasteiger partial charge in [0, 0.05) is 0 Å². The van der Waals surface area contributed by atoms with Crippen LogP contribution in [0.25, 0.3) is 0 Å². The normalized spacial score (nSPS) is 10.5. The van der Waals surface area contributed by atoms with Crippen molar-refractivity contribution in [3.8, 4) is 0 Å². The van der Waals surface area contributed by atoms with E-state index in [1.807, 2.05) is 30.3 Å². The van der Waals surface area contributed by atoms with Gasteiger partial charge in [-0.15, -0.1) is 0 Å². The second kappa shape index (κ2) is 4.93. The zero-order valence-corrected chi connectivity index (χ0v) is 8.46. The highest BCUT2D eigenvalue weighted by atomic mass is 16.3. The maximum absolute atomic E-state index is 11.4.